The van der Waals surface area contributed by atoms with E-state index in [-0.39, 0.29) is 11.3 Å². The Bertz CT molecular complexity index is 1290. The van der Waals surface area contributed by atoms with Gasteiger partial charge in [-0.3, -0.25) is 19.5 Å². The van der Waals surface area contributed by atoms with Gasteiger partial charge in [-0.05, 0) is 60.5 Å². The van der Waals surface area contributed by atoms with E-state index in [2.05, 4.69) is 4.98 Å². The number of pyridine rings is 1. The second-order valence-electron chi connectivity index (χ2n) is 8.24. The summed E-state index contributed by atoms with van der Waals surface area (Å²) in [5.74, 6) is -0.904. The lowest BCUT2D eigenvalue weighted by Gasteiger charge is -2.28. The number of ketones is 1. The van der Waals surface area contributed by atoms with Crippen molar-refractivity contribution in [2.45, 2.75) is 13.0 Å². The number of aliphatic hydroxyl groups is 1. The third-order valence-electron chi connectivity index (χ3n) is 6.07. The second kappa shape index (κ2) is 8.09. The third-order valence-corrected chi connectivity index (χ3v) is 6.07. The number of carbonyl (C=O) groups is 2. The molecule has 7 nitrogen and oxygen atoms in total. The number of rotatable bonds is 3. The Hall–Kier alpha value is -4.13. The number of hydrogen-bond donors (Lipinski definition) is 1. The zero-order valence-corrected chi connectivity index (χ0v) is 18.4. The lowest BCUT2D eigenvalue weighted by atomic mass is 9.95. The minimum absolute atomic E-state index is 0.0482. The molecule has 0 saturated carbocycles. The van der Waals surface area contributed by atoms with Crippen molar-refractivity contribution in [3.05, 3.63) is 89.3 Å². The van der Waals surface area contributed by atoms with Crippen LogP contribution in [0, 0.1) is 6.92 Å². The minimum atomic E-state index is -0.778. The van der Waals surface area contributed by atoms with E-state index < -0.39 is 17.7 Å². The number of Topliss-reactive ketones (excluding diaryl/α,β-unsaturated/α-hetero) is 1. The minimum Gasteiger partial charge on any atom is -0.507 e. The molecule has 0 bridgehead atoms. The first kappa shape index (κ1) is 20.8. The fraction of sp³-hybridized carbons (Fsp3) is 0.192. The second-order valence-corrected chi connectivity index (χ2v) is 8.24. The van der Waals surface area contributed by atoms with Gasteiger partial charge >= 0.3 is 0 Å². The van der Waals surface area contributed by atoms with Crippen molar-refractivity contribution in [2.75, 3.05) is 30.0 Å². The summed E-state index contributed by atoms with van der Waals surface area (Å²) in [6.07, 6.45) is 3.22. The zero-order chi connectivity index (χ0) is 23.1. The third kappa shape index (κ3) is 3.51. The molecule has 2 aromatic carbocycles. The summed E-state index contributed by atoms with van der Waals surface area (Å²) in [6.45, 7) is 3.22. The average Bonchev–Trinajstić information content (AvgIpc) is 3.10. The van der Waals surface area contributed by atoms with Crippen LogP contribution >= 0.6 is 0 Å². The number of aromatic nitrogens is 1. The lowest BCUT2D eigenvalue weighted by molar-refractivity contribution is -0.132. The normalized spacial score (nSPS) is 19.4. The Morgan fingerprint density at radius 2 is 1.88 bits per heavy atom. The fourth-order valence-electron chi connectivity index (χ4n) is 4.39. The molecule has 3 heterocycles. The van der Waals surface area contributed by atoms with Gasteiger partial charge in [0.25, 0.3) is 11.7 Å². The molecule has 1 aromatic heterocycles. The van der Waals surface area contributed by atoms with E-state index in [9.17, 15) is 14.7 Å². The number of nitrogens with zero attached hydrogens (tertiary/aromatic N) is 3. The molecule has 3 aromatic rings. The number of benzene rings is 2. The Morgan fingerprint density at radius 1 is 1.09 bits per heavy atom. The van der Waals surface area contributed by atoms with E-state index in [0.29, 0.717) is 35.7 Å². The van der Waals surface area contributed by atoms with Crippen molar-refractivity contribution in [3.8, 4) is 5.75 Å². The molecule has 1 unspecified atom stereocenters. The molecule has 33 heavy (non-hydrogen) atoms. The van der Waals surface area contributed by atoms with Crippen LogP contribution in [0.4, 0.5) is 11.4 Å². The van der Waals surface area contributed by atoms with Crippen LogP contribution in [-0.2, 0) is 9.59 Å². The van der Waals surface area contributed by atoms with E-state index in [4.69, 9.17) is 4.74 Å². The standard InChI is InChI=1S/C26H23N3O4/c1-16-4-3-5-19(14-16)29-23(17-8-10-27-11-9-17)22(25(31)26(29)32)24(30)18-6-7-21-20(15-18)28(2)12-13-33-21/h3-11,14-15,23,30H,12-13H2,1-2H3/b24-22-. The van der Waals surface area contributed by atoms with Crippen molar-refractivity contribution in [3.63, 3.8) is 0 Å². The van der Waals surface area contributed by atoms with Gasteiger partial charge in [0.15, 0.2) is 0 Å². The van der Waals surface area contributed by atoms with E-state index in [1.54, 1.807) is 48.8 Å². The quantitative estimate of drug-likeness (QED) is 0.378. The van der Waals surface area contributed by atoms with Gasteiger partial charge < -0.3 is 14.7 Å². The summed E-state index contributed by atoms with van der Waals surface area (Å²) < 4.78 is 5.69. The molecular weight excluding hydrogens is 418 g/mol. The summed E-state index contributed by atoms with van der Waals surface area (Å²) in [6, 6.07) is 15.4. The highest BCUT2D eigenvalue weighted by molar-refractivity contribution is 6.51. The number of ether oxygens (including phenoxy) is 1. The highest BCUT2D eigenvalue weighted by Crippen LogP contribution is 2.43. The number of fused-ring (bicyclic) bond motifs is 1. The SMILES string of the molecule is Cc1cccc(N2C(=O)C(=O)/C(=C(\O)c3ccc4c(c3)N(C)CCO4)C2c2ccncc2)c1. The molecule has 7 heteroatoms. The van der Waals surface area contributed by atoms with Crippen LogP contribution in [0.1, 0.15) is 22.7 Å². The Balaban J connectivity index is 1.70. The first-order valence-corrected chi connectivity index (χ1v) is 10.7. The number of anilines is 2. The highest BCUT2D eigenvalue weighted by atomic mass is 16.5. The van der Waals surface area contributed by atoms with Crippen LogP contribution in [-0.4, -0.2) is 42.0 Å². The van der Waals surface area contributed by atoms with Gasteiger partial charge in [-0.15, -0.1) is 0 Å². The predicted octanol–water partition coefficient (Wildman–Crippen LogP) is 3.84. The maximum Gasteiger partial charge on any atom is 0.300 e. The molecule has 1 atom stereocenters. The molecule has 1 N–H and O–H groups in total. The summed E-state index contributed by atoms with van der Waals surface area (Å²) in [5, 5.41) is 11.4. The first-order valence-electron chi connectivity index (χ1n) is 10.7. The van der Waals surface area contributed by atoms with Gasteiger partial charge in [-0.2, -0.15) is 0 Å². The predicted molar refractivity (Wildman–Crippen MR) is 125 cm³/mol. The maximum atomic E-state index is 13.3. The summed E-state index contributed by atoms with van der Waals surface area (Å²) in [7, 11) is 1.94. The monoisotopic (exact) mass is 441 g/mol. The molecule has 5 rings (SSSR count). The molecule has 2 aliphatic rings. The number of hydrogen-bond acceptors (Lipinski definition) is 6. The van der Waals surface area contributed by atoms with Crippen LogP contribution in [0.3, 0.4) is 0 Å². The maximum absolute atomic E-state index is 13.3. The van der Waals surface area contributed by atoms with Gasteiger partial charge in [-0.25, -0.2) is 0 Å². The highest BCUT2D eigenvalue weighted by Gasteiger charge is 2.47. The lowest BCUT2D eigenvalue weighted by Crippen LogP contribution is -2.29. The van der Waals surface area contributed by atoms with Crippen LogP contribution in [0.25, 0.3) is 5.76 Å². The van der Waals surface area contributed by atoms with Gasteiger partial charge in [0.2, 0.25) is 0 Å². The number of carbonyl (C=O) groups excluding carboxylic acids is 2. The molecule has 166 valence electrons. The van der Waals surface area contributed by atoms with Crippen LogP contribution in [0.5, 0.6) is 5.75 Å². The Kier molecular flexibility index (Phi) is 5.09. The number of aryl methyl sites for hydroxylation is 1. The van der Waals surface area contributed by atoms with Crippen molar-refractivity contribution < 1.29 is 19.4 Å². The molecular formula is C26H23N3O4. The summed E-state index contributed by atoms with van der Waals surface area (Å²) in [4.78, 5) is 34.0. The van der Waals surface area contributed by atoms with Gasteiger partial charge in [0.05, 0.1) is 23.8 Å². The first-order chi connectivity index (χ1) is 16.0. The summed E-state index contributed by atoms with van der Waals surface area (Å²) >= 11 is 0. The number of aliphatic hydroxyl groups excluding tert-OH is 1. The van der Waals surface area contributed by atoms with Crippen molar-refractivity contribution in [1.82, 2.24) is 4.98 Å². The molecule has 0 radical (unpaired) electrons. The fourth-order valence-corrected chi connectivity index (χ4v) is 4.39. The molecule has 0 spiro atoms. The van der Waals surface area contributed by atoms with Gasteiger partial charge in [-0.1, -0.05) is 12.1 Å². The number of likely N-dealkylation sites (N-methyl/N-ethyl adjacent to an activating group) is 1. The largest absolute Gasteiger partial charge is 0.507 e. The zero-order valence-electron chi connectivity index (χ0n) is 18.4. The average molecular weight is 441 g/mol. The van der Waals surface area contributed by atoms with Crippen molar-refractivity contribution in [1.29, 1.82) is 0 Å². The molecule has 1 saturated heterocycles. The van der Waals surface area contributed by atoms with Crippen molar-refractivity contribution in [2.24, 2.45) is 0 Å². The molecule has 1 fully saturated rings. The van der Waals surface area contributed by atoms with Crippen molar-refractivity contribution >= 4 is 28.8 Å². The smallest absolute Gasteiger partial charge is 0.300 e. The number of amides is 1. The van der Waals surface area contributed by atoms with E-state index in [0.717, 1.165) is 11.3 Å². The topological polar surface area (TPSA) is 83.0 Å². The van der Waals surface area contributed by atoms with Crippen LogP contribution in [0.2, 0.25) is 0 Å². The van der Waals surface area contributed by atoms with Gasteiger partial charge in [0.1, 0.15) is 18.1 Å². The van der Waals surface area contributed by atoms with Gasteiger partial charge in [0, 0.05) is 30.7 Å². The van der Waals surface area contributed by atoms with E-state index in [1.807, 2.05) is 37.1 Å². The van der Waals surface area contributed by atoms with E-state index >= 15 is 0 Å². The van der Waals surface area contributed by atoms with Crippen LogP contribution in [0.15, 0.2) is 72.6 Å². The summed E-state index contributed by atoms with van der Waals surface area (Å²) in [5.41, 5.74) is 3.56. The van der Waals surface area contributed by atoms with Crippen LogP contribution < -0.4 is 14.5 Å². The Labute approximate surface area is 191 Å². The molecule has 2 aliphatic heterocycles. The van der Waals surface area contributed by atoms with E-state index in [1.165, 1.54) is 4.90 Å². The molecule has 0 aliphatic carbocycles. The Morgan fingerprint density at radius 3 is 2.64 bits per heavy atom. The molecule has 1 amide bonds.